The van der Waals surface area contributed by atoms with Crippen molar-refractivity contribution in [3.63, 3.8) is 0 Å². The summed E-state index contributed by atoms with van der Waals surface area (Å²) in [6.07, 6.45) is 0.134. The molecule has 94 valence electrons. The van der Waals surface area contributed by atoms with E-state index < -0.39 is 0 Å². The normalized spacial score (nSPS) is 21.1. The van der Waals surface area contributed by atoms with Gasteiger partial charge in [-0.05, 0) is 12.5 Å². The minimum Gasteiger partial charge on any atom is -0.379 e. The van der Waals surface area contributed by atoms with Gasteiger partial charge in [0, 0.05) is 26.2 Å². The Morgan fingerprint density at radius 1 is 1.18 bits per heavy atom. The van der Waals surface area contributed by atoms with Crippen LogP contribution in [0.5, 0.6) is 0 Å². The minimum atomic E-state index is 0.134. The van der Waals surface area contributed by atoms with Crippen LogP contribution in [-0.2, 0) is 9.47 Å². The standard InChI is InChI=1S/C14H21NO2/c1-12(15-8-10-17-11-9-15)14(16-2)13-6-4-3-5-7-13/h3-7,12,14H,8-11H2,1-2H3/t12-,14-/m1/s1. The molecule has 3 heteroatoms. The van der Waals surface area contributed by atoms with E-state index in [0.717, 1.165) is 26.3 Å². The fourth-order valence-corrected chi connectivity index (χ4v) is 2.43. The van der Waals surface area contributed by atoms with Gasteiger partial charge in [-0.15, -0.1) is 0 Å². The van der Waals surface area contributed by atoms with Gasteiger partial charge in [0.1, 0.15) is 0 Å². The Labute approximate surface area is 103 Å². The second kappa shape index (κ2) is 6.15. The summed E-state index contributed by atoms with van der Waals surface area (Å²) in [4.78, 5) is 2.44. The molecule has 1 aliphatic rings. The van der Waals surface area contributed by atoms with Crippen molar-refractivity contribution in [2.75, 3.05) is 33.4 Å². The number of benzene rings is 1. The van der Waals surface area contributed by atoms with Crippen molar-refractivity contribution in [3.05, 3.63) is 35.9 Å². The van der Waals surface area contributed by atoms with Crippen LogP contribution in [0.4, 0.5) is 0 Å². The molecular formula is C14H21NO2. The predicted molar refractivity (Wildman–Crippen MR) is 68.0 cm³/mol. The summed E-state index contributed by atoms with van der Waals surface area (Å²) >= 11 is 0. The van der Waals surface area contributed by atoms with Gasteiger partial charge in [-0.25, -0.2) is 0 Å². The van der Waals surface area contributed by atoms with Crippen LogP contribution in [0.15, 0.2) is 30.3 Å². The Hall–Kier alpha value is -0.900. The summed E-state index contributed by atoms with van der Waals surface area (Å²) < 4.78 is 11.1. The molecule has 0 spiro atoms. The van der Waals surface area contributed by atoms with Gasteiger partial charge in [0.25, 0.3) is 0 Å². The largest absolute Gasteiger partial charge is 0.379 e. The first-order valence-corrected chi connectivity index (χ1v) is 6.22. The van der Waals surface area contributed by atoms with Crippen LogP contribution in [0.1, 0.15) is 18.6 Å². The van der Waals surface area contributed by atoms with E-state index in [1.54, 1.807) is 7.11 Å². The van der Waals surface area contributed by atoms with E-state index in [0.29, 0.717) is 6.04 Å². The molecule has 1 aromatic carbocycles. The van der Waals surface area contributed by atoms with E-state index in [1.807, 2.05) is 6.07 Å². The molecule has 1 heterocycles. The van der Waals surface area contributed by atoms with Crippen molar-refractivity contribution in [1.82, 2.24) is 4.90 Å². The highest BCUT2D eigenvalue weighted by atomic mass is 16.5. The molecule has 17 heavy (non-hydrogen) atoms. The molecular weight excluding hydrogens is 214 g/mol. The summed E-state index contributed by atoms with van der Waals surface area (Å²) in [5, 5.41) is 0. The van der Waals surface area contributed by atoms with Gasteiger partial charge >= 0.3 is 0 Å². The lowest BCUT2D eigenvalue weighted by molar-refractivity contribution is -0.0306. The van der Waals surface area contributed by atoms with Crippen molar-refractivity contribution in [3.8, 4) is 0 Å². The van der Waals surface area contributed by atoms with E-state index >= 15 is 0 Å². The quantitative estimate of drug-likeness (QED) is 0.797. The molecule has 0 N–H and O–H groups in total. The summed E-state index contributed by atoms with van der Waals surface area (Å²) in [6, 6.07) is 10.8. The first-order chi connectivity index (χ1) is 8.33. The monoisotopic (exact) mass is 235 g/mol. The molecule has 1 fully saturated rings. The first-order valence-electron chi connectivity index (χ1n) is 6.22. The zero-order chi connectivity index (χ0) is 12.1. The van der Waals surface area contributed by atoms with Crippen molar-refractivity contribution in [1.29, 1.82) is 0 Å². The molecule has 1 saturated heterocycles. The van der Waals surface area contributed by atoms with Crippen LogP contribution in [0.25, 0.3) is 0 Å². The third kappa shape index (κ3) is 3.06. The highest BCUT2D eigenvalue weighted by molar-refractivity contribution is 5.19. The molecule has 0 bridgehead atoms. The SMILES string of the molecule is CO[C@@H](c1ccccc1)[C@@H](C)N1CCOCC1. The van der Waals surface area contributed by atoms with Crippen molar-refractivity contribution in [2.24, 2.45) is 0 Å². The second-order valence-electron chi connectivity index (χ2n) is 4.46. The third-order valence-corrected chi connectivity index (χ3v) is 3.44. The Morgan fingerprint density at radius 2 is 1.82 bits per heavy atom. The van der Waals surface area contributed by atoms with Gasteiger partial charge in [0.05, 0.1) is 19.3 Å². The number of hydrogen-bond donors (Lipinski definition) is 0. The molecule has 1 aromatic rings. The van der Waals surface area contributed by atoms with E-state index in [-0.39, 0.29) is 6.10 Å². The van der Waals surface area contributed by atoms with Gasteiger partial charge in [0.2, 0.25) is 0 Å². The third-order valence-electron chi connectivity index (χ3n) is 3.44. The van der Waals surface area contributed by atoms with Gasteiger partial charge < -0.3 is 9.47 Å². The Balaban J connectivity index is 2.07. The van der Waals surface area contributed by atoms with Gasteiger partial charge in [-0.1, -0.05) is 30.3 Å². The molecule has 0 aliphatic carbocycles. The summed E-state index contributed by atoms with van der Waals surface area (Å²) in [5.74, 6) is 0. The predicted octanol–water partition coefficient (Wildman–Crippen LogP) is 2.09. The average Bonchev–Trinajstić information content (AvgIpc) is 2.42. The first kappa shape index (κ1) is 12.6. The smallest absolute Gasteiger partial charge is 0.0973 e. The molecule has 0 radical (unpaired) electrons. The van der Waals surface area contributed by atoms with E-state index in [4.69, 9.17) is 9.47 Å². The molecule has 0 unspecified atom stereocenters. The number of morpholine rings is 1. The summed E-state index contributed by atoms with van der Waals surface area (Å²) in [6.45, 7) is 5.87. The van der Waals surface area contributed by atoms with Crippen LogP contribution >= 0.6 is 0 Å². The highest BCUT2D eigenvalue weighted by Gasteiger charge is 2.25. The zero-order valence-electron chi connectivity index (χ0n) is 10.6. The van der Waals surface area contributed by atoms with Crippen LogP contribution in [-0.4, -0.2) is 44.4 Å². The van der Waals surface area contributed by atoms with Crippen molar-refractivity contribution >= 4 is 0 Å². The maximum absolute atomic E-state index is 5.67. The zero-order valence-corrected chi connectivity index (χ0v) is 10.6. The number of nitrogens with zero attached hydrogens (tertiary/aromatic N) is 1. The van der Waals surface area contributed by atoms with Gasteiger partial charge in [0.15, 0.2) is 0 Å². The van der Waals surface area contributed by atoms with Gasteiger partial charge in [-0.3, -0.25) is 4.90 Å². The maximum Gasteiger partial charge on any atom is 0.0973 e. The van der Waals surface area contributed by atoms with Crippen molar-refractivity contribution < 1.29 is 9.47 Å². The van der Waals surface area contributed by atoms with E-state index in [1.165, 1.54) is 5.56 Å². The molecule has 2 atom stereocenters. The second-order valence-corrected chi connectivity index (χ2v) is 4.46. The Kier molecular flexibility index (Phi) is 4.54. The number of rotatable bonds is 4. The van der Waals surface area contributed by atoms with Crippen LogP contribution in [0.3, 0.4) is 0 Å². The maximum atomic E-state index is 5.67. The Morgan fingerprint density at radius 3 is 2.41 bits per heavy atom. The molecule has 1 aliphatic heterocycles. The summed E-state index contributed by atoms with van der Waals surface area (Å²) in [5.41, 5.74) is 1.24. The van der Waals surface area contributed by atoms with Crippen molar-refractivity contribution in [2.45, 2.75) is 19.1 Å². The number of hydrogen-bond acceptors (Lipinski definition) is 3. The lowest BCUT2D eigenvalue weighted by Crippen LogP contribution is -2.45. The van der Waals surface area contributed by atoms with Crippen LogP contribution in [0.2, 0.25) is 0 Å². The number of methoxy groups -OCH3 is 1. The molecule has 0 amide bonds. The van der Waals surface area contributed by atoms with Crippen LogP contribution < -0.4 is 0 Å². The lowest BCUT2D eigenvalue weighted by atomic mass is 10.0. The van der Waals surface area contributed by atoms with Gasteiger partial charge in [-0.2, -0.15) is 0 Å². The molecule has 3 nitrogen and oxygen atoms in total. The molecule has 0 saturated carbocycles. The fraction of sp³-hybridized carbons (Fsp3) is 0.571. The minimum absolute atomic E-state index is 0.134. The molecule has 0 aromatic heterocycles. The van der Waals surface area contributed by atoms with Crippen LogP contribution in [0, 0.1) is 0 Å². The fourth-order valence-electron chi connectivity index (χ4n) is 2.43. The average molecular weight is 235 g/mol. The summed E-state index contributed by atoms with van der Waals surface area (Å²) in [7, 11) is 1.79. The number of ether oxygens (including phenoxy) is 2. The Bertz CT molecular complexity index is 322. The molecule has 2 rings (SSSR count). The van der Waals surface area contributed by atoms with E-state index in [2.05, 4.69) is 36.1 Å². The lowest BCUT2D eigenvalue weighted by Gasteiger charge is -2.36. The van der Waals surface area contributed by atoms with E-state index in [9.17, 15) is 0 Å². The topological polar surface area (TPSA) is 21.7 Å². The highest BCUT2D eigenvalue weighted by Crippen LogP contribution is 2.24.